The highest BCUT2D eigenvalue weighted by atomic mass is 32.2. The van der Waals surface area contributed by atoms with Crippen LogP contribution in [0.4, 0.5) is 34.1 Å². The van der Waals surface area contributed by atoms with Crippen LogP contribution in [0.25, 0.3) is 16.8 Å². The van der Waals surface area contributed by atoms with Crippen LogP contribution in [0.3, 0.4) is 0 Å². The summed E-state index contributed by atoms with van der Waals surface area (Å²) in [5, 5.41) is 40.6. The number of hydrazone groups is 1. The van der Waals surface area contributed by atoms with Crippen LogP contribution in [-0.4, -0.2) is 91.1 Å². The van der Waals surface area contributed by atoms with Crippen LogP contribution >= 0.6 is 0 Å². The van der Waals surface area contributed by atoms with Gasteiger partial charge in [-0.1, -0.05) is 48.5 Å². The first kappa shape index (κ1) is 51.7. The molecule has 0 atom stereocenters. The van der Waals surface area contributed by atoms with Crippen LogP contribution in [0.2, 0.25) is 0 Å². The predicted molar refractivity (Wildman–Crippen MR) is 277 cm³/mol. The van der Waals surface area contributed by atoms with Crippen LogP contribution in [0.1, 0.15) is 38.2 Å². The number of nitrogens with two attached hydrogens (primary N) is 2. The molecule has 9 rings (SSSR count). The van der Waals surface area contributed by atoms with Crippen molar-refractivity contribution < 1.29 is 61.6 Å². The Kier molecular flexibility index (Phi) is 13.1. The maximum absolute atomic E-state index is 14.1. The highest BCUT2D eigenvalue weighted by Crippen LogP contribution is 2.38. The third kappa shape index (κ3) is 10.2. The average Bonchev–Trinajstić information content (AvgIpc) is 3.36. The minimum atomic E-state index is -4.94. The van der Waals surface area contributed by atoms with Crippen molar-refractivity contribution in [1.82, 2.24) is 0 Å². The van der Waals surface area contributed by atoms with Crippen molar-refractivity contribution in [3.05, 3.63) is 171 Å². The number of hydrogen-bond donors (Lipinski definition) is 7. The molecule has 76 heavy (non-hydrogen) atoms. The summed E-state index contributed by atoms with van der Waals surface area (Å²) < 4.78 is 138. The summed E-state index contributed by atoms with van der Waals surface area (Å²) in [5.74, 6) is -0.985. The van der Waals surface area contributed by atoms with Crippen LogP contribution in [0.5, 0.6) is 0 Å². The molecule has 9 N–H and O–H groups in total. The number of nitrogens with one attached hydrogen (secondary N) is 1. The molecule has 0 heterocycles. The van der Waals surface area contributed by atoms with Gasteiger partial charge in [0.1, 0.15) is 31.8 Å². The number of azo groups is 1. The number of carbonyl (C=O) groups excluding carboxylic acids is 1. The lowest BCUT2D eigenvalue weighted by atomic mass is 9.93. The van der Waals surface area contributed by atoms with E-state index in [4.69, 9.17) is 11.5 Å². The summed E-state index contributed by atoms with van der Waals surface area (Å²) in [5.41, 5.74) is 13.4. The van der Waals surface area contributed by atoms with Crippen molar-refractivity contribution in [2.75, 3.05) is 16.9 Å². The number of anilines is 3. The Bertz CT molecular complexity index is 4390. The minimum absolute atomic E-state index is 0.0292. The van der Waals surface area contributed by atoms with Crippen LogP contribution < -0.4 is 16.9 Å². The minimum Gasteiger partial charge on any atom is -0.397 e. The molecule has 26 nitrogen and oxygen atoms in total. The van der Waals surface area contributed by atoms with Crippen molar-refractivity contribution in [3.63, 3.8) is 0 Å². The van der Waals surface area contributed by atoms with Gasteiger partial charge in [0.05, 0.1) is 55.3 Å². The molecule has 384 valence electrons. The predicted octanol–water partition coefficient (Wildman–Crippen LogP) is 6.52. The number of fused-ring (bicyclic) bond motifs is 4. The van der Waals surface area contributed by atoms with Gasteiger partial charge in [-0.3, -0.25) is 38.5 Å². The van der Waals surface area contributed by atoms with Gasteiger partial charge in [0, 0.05) is 44.7 Å². The number of benzene rings is 6. The van der Waals surface area contributed by atoms with E-state index >= 15 is 0 Å². The van der Waals surface area contributed by atoms with E-state index in [1.54, 1.807) is 24.3 Å². The normalized spacial score (nSPS) is 17.3. The van der Waals surface area contributed by atoms with Gasteiger partial charge in [-0.2, -0.15) is 38.8 Å². The molecule has 6 aromatic rings. The molecule has 0 fully saturated rings. The molecule has 0 saturated carbocycles. The molecular weight excluding hydrogens is 1070 g/mol. The first-order valence-corrected chi connectivity index (χ1v) is 26.9. The van der Waals surface area contributed by atoms with Gasteiger partial charge in [-0.15, -0.1) is 30.6 Å². The fourth-order valence-corrected chi connectivity index (χ4v) is 10.6. The summed E-state index contributed by atoms with van der Waals surface area (Å²) in [7, 11) is -19.5. The number of nitrogens with zero attached hydrogens (tertiary/aromatic N) is 8. The number of hydrogen-bond acceptors (Lipinski definition) is 21. The lowest BCUT2D eigenvalue weighted by Gasteiger charge is -2.17. The Hall–Kier alpha value is -9.14. The number of allylic oxidation sites excluding steroid dienone is 5. The molecule has 30 heteroatoms. The van der Waals surface area contributed by atoms with E-state index < -0.39 is 87.7 Å². The molecule has 0 saturated heterocycles. The van der Waals surface area contributed by atoms with E-state index in [1.165, 1.54) is 48.6 Å². The average molecular weight is 1110 g/mol. The summed E-state index contributed by atoms with van der Waals surface area (Å²) in [6.45, 7) is 0. The lowest BCUT2D eigenvalue weighted by Crippen LogP contribution is -2.19. The molecule has 0 bridgehead atoms. The zero-order valence-electron chi connectivity index (χ0n) is 37.8. The van der Waals surface area contributed by atoms with Gasteiger partial charge in [0.2, 0.25) is 5.78 Å². The van der Waals surface area contributed by atoms with Crippen molar-refractivity contribution in [3.8, 4) is 0 Å². The summed E-state index contributed by atoms with van der Waals surface area (Å²) in [6.07, 6.45) is 8.05. The van der Waals surface area contributed by atoms with Crippen LogP contribution in [0, 0.1) is 10.1 Å². The smallest absolute Gasteiger partial charge is 0.295 e. The maximum Gasteiger partial charge on any atom is 0.295 e. The first-order valence-electron chi connectivity index (χ1n) is 21.2. The zero-order chi connectivity index (χ0) is 54.6. The van der Waals surface area contributed by atoms with Crippen LogP contribution in [0.15, 0.2) is 183 Å². The second-order valence-corrected chi connectivity index (χ2v) is 21.7. The third-order valence-corrected chi connectivity index (χ3v) is 15.0. The monoisotopic (exact) mass is 1110 g/mol. The molecule has 6 aromatic carbocycles. The molecule has 0 unspecified atom stereocenters. The van der Waals surface area contributed by atoms with Crippen molar-refractivity contribution in [2.45, 2.75) is 19.6 Å². The van der Waals surface area contributed by atoms with E-state index in [0.717, 1.165) is 60.7 Å². The third-order valence-electron chi connectivity index (χ3n) is 11.4. The van der Waals surface area contributed by atoms with Gasteiger partial charge in [0.15, 0.2) is 0 Å². The first-order chi connectivity index (χ1) is 35.8. The highest BCUT2D eigenvalue weighted by molar-refractivity contribution is 7.87. The molecule has 0 spiro atoms. The lowest BCUT2D eigenvalue weighted by molar-refractivity contribution is -0.383. The number of nitro benzene ring substituents is 1. The quantitative estimate of drug-likeness (QED) is 0.0239. The van der Waals surface area contributed by atoms with E-state index in [1.807, 2.05) is 0 Å². The number of nitro groups is 1. The molecule has 0 radical (unpaired) electrons. The van der Waals surface area contributed by atoms with Gasteiger partial charge in [0.25, 0.3) is 46.2 Å². The SMILES string of the molecule is Nc1cc(N)c([N+](=O)[O-])cc1N=Nc1ccc(S(=O)(=O)O)c2c1C(=O)C(=NN=C1C=CC(=NN=C3C=CC(=NNc4cc(S(=O)(=O)O)c5cccc(S(=O)(=O)O)c5c4)c4ccccc43)c3ccc(S(=O)(=O)O)cc31)C=C2. The fraction of sp³-hybridized carbons (Fsp3) is 0. The number of Topliss-reactive ketones (excluding diaryl/α,β-unsaturated/α-hetero) is 1. The molecule has 0 amide bonds. The van der Waals surface area contributed by atoms with Crippen molar-refractivity contribution in [1.29, 1.82) is 0 Å². The van der Waals surface area contributed by atoms with Gasteiger partial charge in [-0.25, -0.2) is 0 Å². The molecule has 3 aliphatic carbocycles. The largest absolute Gasteiger partial charge is 0.397 e. The zero-order valence-corrected chi connectivity index (χ0v) is 41.1. The standard InChI is InChI=1S/C46H31N11O15S4/c47-32-21-33(48)41(57(59)60)22-40(32)56-54-38-16-17-43(75(67,68)69)29-10-11-39(46(58)45(29)38)55-53-37-15-14-36(27-9-8-24(20-30(27)37)73(61,62)63)52-51-35-13-12-34(25-4-1-2-5-26(25)35)50-49-23-18-31-28(44(19-23)76(70,71)72)6-3-7-42(31)74(64,65)66/h1-22,49H,47-48H2,(H,61,62,63)(H,64,65,66)(H,67,68,69)(H,70,71,72). The Morgan fingerprint density at radius 3 is 1.68 bits per heavy atom. The second-order valence-electron chi connectivity index (χ2n) is 16.2. The van der Waals surface area contributed by atoms with E-state index in [2.05, 4.69) is 41.2 Å². The molecule has 0 aliphatic heterocycles. The molecule has 3 aliphatic rings. The maximum atomic E-state index is 14.1. The second kappa shape index (κ2) is 19.3. The van der Waals surface area contributed by atoms with Gasteiger partial charge in [-0.05, 0) is 78.9 Å². The number of carbonyl (C=O) groups is 1. The summed E-state index contributed by atoms with van der Waals surface area (Å²) in [4.78, 5) is 22.3. The Labute approximate surface area is 428 Å². The molecule has 0 aromatic heterocycles. The Balaban J connectivity index is 1.06. The Morgan fingerprint density at radius 1 is 0.500 bits per heavy atom. The van der Waals surface area contributed by atoms with Crippen LogP contribution in [-0.2, 0) is 40.5 Å². The Morgan fingerprint density at radius 2 is 1.07 bits per heavy atom. The summed E-state index contributed by atoms with van der Waals surface area (Å²) >= 11 is 0. The van der Waals surface area contributed by atoms with E-state index in [-0.39, 0.29) is 78.7 Å². The van der Waals surface area contributed by atoms with E-state index in [9.17, 15) is 66.8 Å². The van der Waals surface area contributed by atoms with Gasteiger partial charge < -0.3 is 11.5 Å². The number of ketones is 1. The highest BCUT2D eigenvalue weighted by Gasteiger charge is 2.30. The van der Waals surface area contributed by atoms with E-state index in [0.29, 0.717) is 11.1 Å². The molecular formula is C46H31N11O15S4. The fourth-order valence-electron chi connectivity index (χ4n) is 7.96. The number of nitrogen functional groups attached to an aromatic ring is 2. The number of rotatable bonds is 11. The van der Waals surface area contributed by atoms with Gasteiger partial charge >= 0.3 is 0 Å². The van der Waals surface area contributed by atoms with Crippen molar-refractivity contribution in [2.24, 2.45) is 35.7 Å². The van der Waals surface area contributed by atoms with Crippen molar-refractivity contribution >= 4 is 126 Å². The summed E-state index contributed by atoms with van der Waals surface area (Å²) in [6, 6.07) is 19.9. The topological polar surface area (TPSA) is 428 Å².